The van der Waals surface area contributed by atoms with E-state index in [0.29, 0.717) is 22.5 Å². The van der Waals surface area contributed by atoms with E-state index >= 15 is 0 Å². The molecule has 0 unspecified atom stereocenters. The zero-order chi connectivity index (χ0) is 21.3. The molecule has 0 aliphatic carbocycles. The topological polar surface area (TPSA) is 144 Å². The summed E-state index contributed by atoms with van der Waals surface area (Å²) in [5.41, 5.74) is 4.69. The van der Waals surface area contributed by atoms with E-state index in [0.717, 1.165) is 17.3 Å². The number of carbonyl (C=O) groups excluding carboxylic acids is 2. The number of phenolic OH excluding ortho intramolecular Hbond substituents is 1. The first-order valence-electron chi connectivity index (χ1n) is 8.79. The third-order valence-electron chi connectivity index (χ3n) is 3.54. The molecule has 3 aromatic rings. The van der Waals surface area contributed by atoms with Crippen LogP contribution in [0.25, 0.3) is 0 Å². The second-order valence-corrected chi connectivity index (χ2v) is 6.97. The van der Waals surface area contributed by atoms with Gasteiger partial charge in [-0.1, -0.05) is 17.8 Å². The van der Waals surface area contributed by atoms with Crippen LogP contribution in [-0.4, -0.2) is 44.1 Å². The lowest BCUT2D eigenvalue weighted by molar-refractivity contribution is -0.114. The van der Waals surface area contributed by atoms with Gasteiger partial charge in [0.25, 0.3) is 0 Å². The van der Waals surface area contributed by atoms with E-state index in [1.165, 1.54) is 6.92 Å². The molecular weight excluding hydrogens is 406 g/mol. The predicted octanol–water partition coefficient (Wildman–Crippen LogP) is 2.65. The molecule has 0 atom stereocenters. The van der Waals surface area contributed by atoms with E-state index in [1.807, 2.05) is 0 Å². The number of phenols is 1. The fourth-order valence-electron chi connectivity index (χ4n) is 2.29. The fourth-order valence-corrected chi connectivity index (χ4v) is 2.89. The molecule has 1 heterocycles. The van der Waals surface area contributed by atoms with Gasteiger partial charge in [0, 0.05) is 18.3 Å². The van der Waals surface area contributed by atoms with E-state index < -0.39 is 0 Å². The summed E-state index contributed by atoms with van der Waals surface area (Å²) < 4.78 is 0. The highest BCUT2D eigenvalue weighted by Crippen LogP contribution is 2.17. The zero-order valence-corrected chi connectivity index (χ0v) is 16.7. The number of nitrogens with one attached hydrogen (secondary N) is 4. The molecule has 1 aromatic heterocycles. The van der Waals surface area contributed by atoms with Gasteiger partial charge < -0.3 is 15.7 Å². The zero-order valence-electron chi connectivity index (χ0n) is 15.9. The van der Waals surface area contributed by atoms with Crippen molar-refractivity contribution in [1.29, 1.82) is 0 Å². The Hall–Kier alpha value is -3.86. The third-order valence-corrected chi connectivity index (χ3v) is 4.39. The average molecular weight is 425 g/mol. The van der Waals surface area contributed by atoms with Crippen molar-refractivity contribution in [3.63, 3.8) is 0 Å². The van der Waals surface area contributed by atoms with Gasteiger partial charge >= 0.3 is 0 Å². The molecule has 2 amide bonds. The lowest BCUT2D eigenvalue weighted by Gasteiger charge is -2.07. The lowest BCUT2D eigenvalue weighted by atomic mass is 10.2. The van der Waals surface area contributed by atoms with Crippen molar-refractivity contribution in [3.05, 3.63) is 54.1 Å². The van der Waals surface area contributed by atoms with Gasteiger partial charge in [-0.2, -0.15) is 10.1 Å². The maximum atomic E-state index is 12.1. The summed E-state index contributed by atoms with van der Waals surface area (Å²) in [6.45, 7) is 1.42. The molecule has 11 heteroatoms. The quantitative estimate of drug-likeness (QED) is 0.212. The smallest absolute Gasteiger partial charge is 0.240 e. The second kappa shape index (κ2) is 10.1. The van der Waals surface area contributed by atoms with Crippen LogP contribution in [0.5, 0.6) is 5.75 Å². The first-order chi connectivity index (χ1) is 14.5. The predicted molar refractivity (Wildman–Crippen MR) is 116 cm³/mol. The van der Waals surface area contributed by atoms with E-state index in [9.17, 15) is 14.7 Å². The molecule has 30 heavy (non-hydrogen) atoms. The van der Waals surface area contributed by atoms with Crippen LogP contribution in [0.1, 0.15) is 12.5 Å². The van der Waals surface area contributed by atoms with E-state index in [4.69, 9.17) is 0 Å². The summed E-state index contributed by atoms with van der Waals surface area (Å²) in [4.78, 5) is 27.4. The number of aromatic nitrogens is 3. The minimum atomic E-state index is -0.232. The Labute approximate surface area is 176 Å². The summed E-state index contributed by atoms with van der Waals surface area (Å²) in [5, 5.41) is 25.8. The van der Waals surface area contributed by atoms with Gasteiger partial charge in [-0.3, -0.25) is 9.59 Å². The Bertz CT molecular complexity index is 1050. The molecule has 0 radical (unpaired) electrons. The van der Waals surface area contributed by atoms with Crippen molar-refractivity contribution in [2.45, 2.75) is 12.1 Å². The lowest BCUT2D eigenvalue weighted by Crippen LogP contribution is -2.14. The number of amides is 2. The fraction of sp³-hybridized carbons (Fsp3) is 0.105. The van der Waals surface area contributed by atoms with Gasteiger partial charge in [0.05, 0.1) is 12.0 Å². The molecule has 10 nitrogen and oxygen atoms in total. The van der Waals surface area contributed by atoms with E-state index in [-0.39, 0.29) is 23.3 Å². The minimum Gasteiger partial charge on any atom is -0.508 e. The molecule has 0 saturated heterocycles. The molecule has 0 bridgehead atoms. The number of thioether (sulfide) groups is 1. The number of anilines is 3. The van der Waals surface area contributed by atoms with Crippen LogP contribution in [0, 0.1) is 0 Å². The van der Waals surface area contributed by atoms with Crippen LogP contribution in [0.2, 0.25) is 0 Å². The highest BCUT2D eigenvalue weighted by molar-refractivity contribution is 7.99. The van der Waals surface area contributed by atoms with E-state index in [2.05, 4.69) is 36.3 Å². The molecule has 0 fully saturated rings. The number of hydrogen-bond acceptors (Lipinski definition) is 8. The van der Waals surface area contributed by atoms with Gasteiger partial charge in [0.15, 0.2) is 0 Å². The van der Waals surface area contributed by atoms with Gasteiger partial charge in [-0.05, 0) is 48.0 Å². The van der Waals surface area contributed by atoms with Crippen LogP contribution in [0.15, 0.2) is 58.8 Å². The van der Waals surface area contributed by atoms with E-state index in [1.54, 1.807) is 54.7 Å². The standard InChI is InChI=1S/C19H19N7O3S/c1-12(27)21-14-3-2-4-15(9-14)22-17(29)11-30-19-23-18(25-26-19)24-20-10-13-5-7-16(28)8-6-13/h2-10,28H,11H2,1H3,(H,21,27)(H,22,29)(H2,23,24,25,26)/b20-10-. The Balaban J connectivity index is 1.46. The van der Waals surface area contributed by atoms with Crippen molar-refractivity contribution < 1.29 is 14.7 Å². The van der Waals surface area contributed by atoms with Crippen molar-refractivity contribution in [1.82, 2.24) is 15.2 Å². The average Bonchev–Trinajstić information content (AvgIpc) is 3.15. The Morgan fingerprint density at radius 1 is 1.17 bits per heavy atom. The molecular formula is C19H19N7O3S. The Morgan fingerprint density at radius 2 is 1.90 bits per heavy atom. The number of aromatic hydroxyl groups is 1. The normalized spacial score (nSPS) is 10.7. The monoisotopic (exact) mass is 425 g/mol. The largest absolute Gasteiger partial charge is 0.508 e. The molecule has 0 spiro atoms. The van der Waals surface area contributed by atoms with Crippen molar-refractivity contribution >= 4 is 47.1 Å². The molecule has 154 valence electrons. The van der Waals surface area contributed by atoms with Gasteiger partial charge in [-0.15, -0.1) is 5.10 Å². The molecule has 2 aromatic carbocycles. The number of H-pyrrole nitrogens is 1. The summed E-state index contributed by atoms with van der Waals surface area (Å²) in [6, 6.07) is 13.4. The Morgan fingerprint density at radius 3 is 2.63 bits per heavy atom. The first-order valence-corrected chi connectivity index (χ1v) is 9.77. The van der Waals surface area contributed by atoms with Crippen LogP contribution in [0.4, 0.5) is 17.3 Å². The van der Waals surface area contributed by atoms with Gasteiger partial charge in [0.1, 0.15) is 5.75 Å². The molecule has 0 saturated carbocycles. The van der Waals surface area contributed by atoms with Crippen molar-refractivity contribution in [2.75, 3.05) is 21.8 Å². The number of hydrogen-bond donors (Lipinski definition) is 5. The SMILES string of the molecule is CC(=O)Nc1cccc(NC(=O)CSc2n[nH]c(N/N=C\c3ccc(O)cc3)n2)c1. The first kappa shape index (κ1) is 20.9. The molecule has 0 aliphatic rings. The minimum absolute atomic E-state index is 0.110. The van der Waals surface area contributed by atoms with Crippen LogP contribution < -0.4 is 16.1 Å². The van der Waals surface area contributed by atoms with Crippen molar-refractivity contribution in [3.8, 4) is 5.75 Å². The second-order valence-electron chi connectivity index (χ2n) is 6.03. The number of nitrogens with zero attached hydrogens (tertiary/aromatic N) is 3. The number of aromatic amines is 1. The third kappa shape index (κ3) is 6.63. The Kier molecular flexibility index (Phi) is 7.00. The van der Waals surface area contributed by atoms with Crippen LogP contribution >= 0.6 is 11.8 Å². The molecule has 5 N–H and O–H groups in total. The van der Waals surface area contributed by atoms with Crippen LogP contribution in [0.3, 0.4) is 0 Å². The number of hydrazone groups is 1. The molecule has 0 aliphatic heterocycles. The van der Waals surface area contributed by atoms with Gasteiger partial charge in [0.2, 0.25) is 22.9 Å². The number of carbonyl (C=O) groups is 2. The maximum Gasteiger partial charge on any atom is 0.240 e. The summed E-state index contributed by atoms with van der Waals surface area (Å²) in [5.74, 6) is 0.204. The van der Waals surface area contributed by atoms with Crippen molar-refractivity contribution in [2.24, 2.45) is 5.10 Å². The maximum absolute atomic E-state index is 12.1. The molecule has 3 rings (SSSR count). The van der Waals surface area contributed by atoms with Crippen LogP contribution in [-0.2, 0) is 9.59 Å². The summed E-state index contributed by atoms with van der Waals surface area (Å²) >= 11 is 1.16. The highest BCUT2D eigenvalue weighted by Gasteiger charge is 2.08. The number of benzene rings is 2. The summed E-state index contributed by atoms with van der Waals surface area (Å²) in [6.07, 6.45) is 1.57. The van der Waals surface area contributed by atoms with Gasteiger partial charge in [-0.25, -0.2) is 10.5 Å². The highest BCUT2D eigenvalue weighted by atomic mass is 32.2. The summed E-state index contributed by atoms with van der Waals surface area (Å²) in [7, 11) is 0. The number of rotatable bonds is 8.